The number of nitrogens with one attached hydrogen (secondary N) is 2. The molecule has 0 atom stereocenters. The number of aryl methyl sites for hydroxylation is 2. The van der Waals surface area contributed by atoms with Gasteiger partial charge in [-0.3, -0.25) is 4.79 Å². The quantitative estimate of drug-likeness (QED) is 0.233. The predicted octanol–water partition coefficient (Wildman–Crippen LogP) is 6.67. The van der Waals surface area contributed by atoms with Gasteiger partial charge in [0.2, 0.25) is 5.95 Å². The van der Waals surface area contributed by atoms with E-state index in [1.165, 1.54) is 24.3 Å². The Morgan fingerprint density at radius 1 is 0.821 bits per heavy atom. The van der Waals surface area contributed by atoms with Crippen LogP contribution in [0.3, 0.4) is 0 Å². The van der Waals surface area contributed by atoms with Crippen LogP contribution in [0.2, 0.25) is 10.0 Å². The molecule has 5 rings (SSSR count). The number of pyridine rings is 1. The molecule has 0 saturated heterocycles. The first-order valence-corrected chi connectivity index (χ1v) is 13.9. The van der Waals surface area contributed by atoms with Crippen molar-refractivity contribution in [3.63, 3.8) is 0 Å². The largest absolute Gasteiger partial charge is 0.322 e. The smallest absolute Gasteiger partial charge is 0.264 e. The fraction of sp³-hybridized carbons (Fsp3) is 0.0714. The summed E-state index contributed by atoms with van der Waals surface area (Å²) >= 11 is 12.5. The van der Waals surface area contributed by atoms with Gasteiger partial charge in [-0.2, -0.15) is 0 Å². The Kier molecular flexibility index (Phi) is 7.22. The van der Waals surface area contributed by atoms with Crippen LogP contribution < -0.4 is 10.0 Å². The molecule has 0 bridgehead atoms. The topological polar surface area (TPSA) is 114 Å². The number of para-hydroxylation sites is 1. The maximum Gasteiger partial charge on any atom is 0.264 e. The number of carbonyl (C=O) groups excluding carboxylic acids is 1. The normalized spacial score (nSPS) is 11.4. The second-order valence-electron chi connectivity index (χ2n) is 8.75. The van der Waals surface area contributed by atoms with E-state index in [9.17, 15) is 13.2 Å². The molecule has 2 aromatic heterocycles. The lowest BCUT2D eigenvalue weighted by Crippen LogP contribution is -2.16. The van der Waals surface area contributed by atoms with Gasteiger partial charge < -0.3 is 5.32 Å². The van der Waals surface area contributed by atoms with E-state index in [4.69, 9.17) is 23.2 Å². The number of aromatic nitrogens is 3. The number of fused-ring (bicyclic) bond motifs is 1. The van der Waals surface area contributed by atoms with Gasteiger partial charge in [-0.05, 0) is 74.5 Å². The number of rotatable bonds is 6. The van der Waals surface area contributed by atoms with Gasteiger partial charge in [0.15, 0.2) is 0 Å². The van der Waals surface area contributed by atoms with E-state index >= 15 is 0 Å². The summed E-state index contributed by atoms with van der Waals surface area (Å²) in [5.41, 5.74) is 3.84. The third kappa shape index (κ3) is 5.85. The number of benzene rings is 3. The summed E-state index contributed by atoms with van der Waals surface area (Å²) in [4.78, 5) is 26.3. The second kappa shape index (κ2) is 10.6. The maximum absolute atomic E-state index is 13.4. The molecule has 2 heterocycles. The standard InChI is InChI=1S/C28H21Cl2N5O3S/c1-16-13-17(2)32-28(31-16)35-39(37,38)20-10-8-19(9-11-20)33-27(36)23-15-26(22-12-7-18(29)14-24(22)30)34-25-6-4-3-5-21(23)25/h3-15H,1-2H3,(H,33,36)(H,31,32,35). The van der Waals surface area contributed by atoms with Crippen molar-refractivity contribution < 1.29 is 13.2 Å². The Morgan fingerprint density at radius 3 is 2.21 bits per heavy atom. The minimum Gasteiger partial charge on any atom is -0.322 e. The molecule has 0 aliphatic heterocycles. The first-order valence-electron chi connectivity index (χ1n) is 11.7. The molecule has 196 valence electrons. The highest BCUT2D eigenvalue weighted by Gasteiger charge is 2.18. The SMILES string of the molecule is Cc1cc(C)nc(NS(=O)(=O)c2ccc(NC(=O)c3cc(-c4ccc(Cl)cc4Cl)nc4ccccc34)cc2)n1. The van der Waals surface area contributed by atoms with E-state index in [1.54, 1.807) is 50.2 Å². The molecule has 39 heavy (non-hydrogen) atoms. The molecule has 11 heteroatoms. The highest BCUT2D eigenvalue weighted by atomic mass is 35.5. The molecule has 0 saturated carbocycles. The lowest BCUT2D eigenvalue weighted by Gasteiger charge is -2.12. The van der Waals surface area contributed by atoms with Crippen molar-refractivity contribution in [1.29, 1.82) is 0 Å². The van der Waals surface area contributed by atoms with Crippen molar-refractivity contribution in [2.45, 2.75) is 18.7 Å². The number of hydrogen-bond acceptors (Lipinski definition) is 6. The number of amides is 1. The average Bonchev–Trinajstić information content (AvgIpc) is 2.87. The van der Waals surface area contributed by atoms with Crippen molar-refractivity contribution in [2.75, 3.05) is 10.0 Å². The third-order valence-corrected chi connectivity index (χ3v) is 7.69. The molecule has 3 aromatic carbocycles. The van der Waals surface area contributed by atoms with E-state index in [2.05, 4.69) is 25.0 Å². The Labute approximate surface area is 235 Å². The zero-order chi connectivity index (χ0) is 27.7. The monoisotopic (exact) mass is 577 g/mol. The fourth-order valence-corrected chi connectivity index (χ4v) is 5.51. The summed E-state index contributed by atoms with van der Waals surface area (Å²) in [5.74, 6) is -0.400. The van der Waals surface area contributed by atoms with Gasteiger partial charge in [-0.15, -0.1) is 0 Å². The van der Waals surface area contributed by atoms with E-state index in [0.29, 0.717) is 54.8 Å². The Bertz CT molecular complexity index is 1820. The van der Waals surface area contributed by atoms with E-state index < -0.39 is 15.9 Å². The van der Waals surface area contributed by atoms with Crippen LogP contribution in [0.5, 0.6) is 0 Å². The van der Waals surface area contributed by atoms with Crippen molar-refractivity contribution in [3.05, 3.63) is 106 Å². The fourth-order valence-electron chi connectivity index (χ4n) is 4.06. The minimum atomic E-state index is -3.93. The van der Waals surface area contributed by atoms with Gasteiger partial charge in [0, 0.05) is 33.0 Å². The van der Waals surface area contributed by atoms with Crippen LogP contribution in [0.4, 0.5) is 11.6 Å². The molecule has 0 unspecified atom stereocenters. The number of anilines is 2. The van der Waals surface area contributed by atoms with E-state index in [-0.39, 0.29) is 10.8 Å². The van der Waals surface area contributed by atoms with Crippen molar-refractivity contribution in [1.82, 2.24) is 15.0 Å². The van der Waals surface area contributed by atoms with Crippen LogP contribution in [0.25, 0.3) is 22.2 Å². The molecular weight excluding hydrogens is 557 g/mol. The highest BCUT2D eigenvalue weighted by molar-refractivity contribution is 7.92. The van der Waals surface area contributed by atoms with Crippen LogP contribution in [-0.4, -0.2) is 29.3 Å². The summed E-state index contributed by atoms with van der Waals surface area (Å²) in [5, 5.41) is 4.39. The molecule has 0 aliphatic carbocycles. The zero-order valence-electron chi connectivity index (χ0n) is 20.7. The Morgan fingerprint density at radius 2 is 1.51 bits per heavy atom. The summed E-state index contributed by atoms with van der Waals surface area (Å²) in [6.07, 6.45) is 0. The van der Waals surface area contributed by atoms with Gasteiger partial charge in [-0.25, -0.2) is 28.1 Å². The third-order valence-electron chi connectivity index (χ3n) is 5.80. The van der Waals surface area contributed by atoms with Gasteiger partial charge in [0.25, 0.3) is 15.9 Å². The number of nitrogens with zero attached hydrogens (tertiary/aromatic N) is 3. The molecule has 5 aromatic rings. The van der Waals surface area contributed by atoms with E-state index in [0.717, 1.165) is 0 Å². The zero-order valence-corrected chi connectivity index (χ0v) is 23.1. The lowest BCUT2D eigenvalue weighted by molar-refractivity contribution is 0.102. The van der Waals surface area contributed by atoms with Crippen LogP contribution in [0.1, 0.15) is 21.7 Å². The van der Waals surface area contributed by atoms with Crippen LogP contribution in [0, 0.1) is 13.8 Å². The number of sulfonamides is 1. The molecule has 1 amide bonds. The first kappa shape index (κ1) is 26.6. The molecule has 0 aliphatic rings. The van der Waals surface area contributed by atoms with Crippen molar-refractivity contribution in [2.24, 2.45) is 0 Å². The summed E-state index contributed by atoms with van der Waals surface area (Å²) in [6, 6.07) is 21.6. The molecular formula is C28H21Cl2N5O3S. The van der Waals surface area contributed by atoms with Crippen LogP contribution in [-0.2, 0) is 10.0 Å². The first-order chi connectivity index (χ1) is 18.6. The molecule has 0 radical (unpaired) electrons. The van der Waals surface area contributed by atoms with Crippen molar-refractivity contribution in [3.8, 4) is 11.3 Å². The number of halogens is 2. The summed E-state index contributed by atoms with van der Waals surface area (Å²) < 4.78 is 28.1. The Hall–Kier alpha value is -4.05. The maximum atomic E-state index is 13.4. The molecule has 2 N–H and O–H groups in total. The van der Waals surface area contributed by atoms with Gasteiger partial charge in [0.05, 0.1) is 26.7 Å². The minimum absolute atomic E-state index is 0.00251. The molecule has 0 fully saturated rings. The van der Waals surface area contributed by atoms with Gasteiger partial charge in [0.1, 0.15) is 0 Å². The highest BCUT2D eigenvalue weighted by Crippen LogP contribution is 2.32. The van der Waals surface area contributed by atoms with E-state index in [1.807, 2.05) is 18.2 Å². The van der Waals surface area contributed by atoms with Crippen LogP contribution in [0.15, 0.2) is 83.8 Å². The summed E-state index contributed by atoms with van der Waals surface area (Å²) in [6.45, 7) is 3.51. The molecule has 8 nitrogen and oxygen atoms in total. The Balaban J connectivity index is 1.42. The van der Waals surface area contributed by atoms with Crippen LogP contribution >= 0.6 is 23.2 Å². The summed E-state index contributed by atoms with van der Waals surface area (Å²) in [7, 11) is -3.93. The predicted molar refractivity (Wildman–Crippen MR) is 154 cm³/mol. The van der Waals surface area contributed by atoms with Gasteiger partial charge in [-0.1, -0.05) is 41.4 Å². The van der Waals surface area contributed by atoms with Crippen molar-refractivity contribution >= 4 is 61.7 Å². The number of carbonyl (C=O) groups is 1. The molecule has 0 spiro atoms. The number of hydrogen-bond donors (Lipinski definition) is 2. The van der Waals surface area contributed by atoms with Gasteiger partial charge >= 0.3 is 0 Å². The second-order valence-corrected chi connectivity index (χ2v) is 11.3. The lowest BCUT2D eigenvalue weighted by atomic mass is 10.0. The average molecular weight is 578 g/mol.